The van der Waals surface area contributed by atoms with Crippen molar-refractivity contribution in [1.82, 2.24) is 9.78 Å². The molecule has 1 amide bonds. The number of ether oxygens (including phenoxy) is 1. The Hall–Kier alpha value is -2.57. The van der Waals surface area contributed by atoms with E-state index in [-0.39, 0.29) is 17.0 Å². The van der Waals surface area contributed by atoms with Crippen molar-refractivity contribution in [3.63, 3.8) is 0 Å². The summed E-state index contributed by atoms with van der Waals surface area (Å²) in [6, 6.07) is 2.52. The molecule has 1 aromatic heterocycles. The molecular weight excluding hydrogens is 239 g/mol. The SMILES string of the molecule is COc1cc(-n2cc(C(N)=O)cn2)c(N)cc1F. The summed E-state index contributed by atoms with van der Waals surface area (Å²) in [4.78, 5) is 11.0. The lowest BCUT2D eigenvalue weighted by Crippen LogP contribution is -2.09. The smallest absolute Gasteiger partial charge is 0.251 e. The predicted molar refractivity (Wildman–Crippen MR) is 63.0 cm³/mol. The molecule has 1 aromatic carbocycles. The number of rotatable bonds is 3. The number of aromatic nitrogens is 2. The van der Waals surface area contributed by atoms with E-state index in [0.29, 0.717) is 5.69 Å². The van der Waals surface area contributed by atoms with Crippen molar-refractivity contribution < 1.29 is 13.9 Å². The minimum Gasteiger partial charge on any atom is -0.494 e. The average molecular weight is 250 g/mol. The first-order valence-corrected chi connectivity index (χ1v) is 5.00. The van der Waals surface area contributed by atoms with Crippen LogP contribution in [0.5, 0.6) is 5.75 Å². The van der Waals surface area contributed by atoms with E-state index in [0.717, 1.165) is 6.07 Å². The van der Waals surface area contributed by atoms with Crippen LogP contribution in [0.15, 0.2) is 24.5 Å². The van der Waals surface area contributed by atoms with Crippen molar-refractivity contribution in [3.8, 4) is 11.4 Å². The third kappa shape index (κ3) is 1.97. The van der Waals surface area contributed by atoms with Crippen molar-refractivity contribution in [1.29, 1.82) is 0 Å². The fraction of sp³-hybridized carbons (Fsp3) is 0.0909. The Morgan fingerprint density at radius 1 is 1.50 bits per heavy atom. The van der Waals surface area contributed by atoms with Crippen LogP contribution >= 0.6 is 0 Å². The van der Waals surface area contributed by atoms with Gasteiger partial charge in [0, 0.05) is 18.3 Å². The van der Waals surface area contributed by atoms with Gasteiger partial charge in [-0.3, -0.25) is 4.79 Å². The molecule has 7 heteroatoms. The molecule has 0 aliphatic heterocycles. The fourth-order valence-electron chi connectivity index (χ4n) is 1.49. The highest BCUT2D eigenvalue weighted by atomic mass is 19.1. The molecule has 0 unspecified atom stereocenters. The third-order valence-corrected chi connectivity index (χ3v) is 2.42. The topological polar surface area (TPSA) is 96.2 Å². The molecule has 6 nitrogen and oxygen atoms in total. The fourth-order valence-corrected chi connectivity index (χ4v) is 1.49. The third-order valence-electron chi connectivity index (χ3n) is 2.42. The second kappa shape index (κ2) is 4.36. The quantitative estimate of drug-likeness (QED) is 0.784. The van der Waals surface area contributed by atoms with Gasteiger partial charge in [0.05, 0.1) is 30.2 Å². The molecule has 0 aliphatic rings. The van der Waals surface area contributed by atoms with Crippen molar-refractivity contribution in [2.24, 2.45) is 5.73 Å². The summed E-state index contributed by atoms with van der Waals surface area (Å²) in [5.74, 6) is -1.13. The van der Waals surface area contributed by atoms with Crippen LogP contribution in [0.2, 0.25) is 0 Å². The van der Waals surface area contributed by atoms with Crippen molar-refractivity contribution in [3.05, 3.63) is 35.9 Å². The molecule has 0 atom stereocenters. The van der Waals surface area contributed by atoms with Crippen LogP contribution in [0.25, 0.3) is 5.69 Å². The van der Waals surface area contributed by atoms with Crippen LogP contribution in [-0.2, 0) is 0 Å². The predicted octanol–water partition coefficient (Wildman–Crippen LogP) is 0.701. The number of carbonyl (C=O) groups is 1. The summed E-state index contributed by atoms with van der Waals surface area (Å²) in [6.45, 7) is 0. The number of carbonyl (C=O) groups excluding carboxylic acids is 1. The van der Waals surface area contributed by atoms with E-state index in [2.05, 4.69) is 5.10 Å². The van der Waals surface area contributed by atoms with Crippen LogP contribution in [-0.4, -0.2) is 22.8 Å². The first kappa shape index (κ1) is 11.9. The summed E-state index contributed by atoms with van der Waals surface area (Å²) < 4.78 is 19.6. The standard InChI is InChI=1S/C11H11FN4O2/c1-18-10-3-9(8(13)2-7(10)12)16-5-6(4-15-16)11(14)17/h2-5H,13H2,1H3,(H2,14,17). The highest BCUT2D eigenvalue weighted by Gasteiger charge is 2.12. The maximum Gasteiger partial charge on any atom is 0.251 e. The summed E-state index contributed by atoms with van der Waals surface area (Å²) in [5, 5.41) is 3.93. The van der Waals surface area contributed by atoms with Crippen LogP contribution in [0, 0.1) is 5.82 Å². The molecule has 2 rings (SSSR count). The number of amides is 1. The monoisotopic (exact) mass is 250 g/mol. The summed E-state index contributed by atoms with van der Waals surface area (Å²) >= 11 is 0. The van der Waals surface area contributed by atoms with E-state index < -0.39 is 11.7 Å². The van der Waals surface area contributed by atoms with Gasteiger partial charge in [-0.1, -0.05) is 0 Å². The first-order valence-electron chi connectivity index (χ1n) is 5.00. The largest absolute Gasteiger partial charge is 0.494 e. The highest BCUT2D eigenvalue weighted by molar-refractivity contribution is 5.92. The maximum atomic E-state index is 13.4. The lowest BCUT2D eigenvalue weighted by atomic mass is 10.2. The van der Waals surface area contributed by atoms with Crippen LogP contribution in [0.1, 0.15) is 10.4 Å². The lowest BCUT2D eigenvalue weighted by molar-refractivity contribution is 0.100. The zero-order valence-corrected chi connectivity index (χ0v) is 9.55. The Kier molecular flexibility index (Phi) is 2.88. The Balaban J connectivity index is 2.52. The van der Waals surface area contributed by atoms with Gasteiger partial charge in [0.1, 0.15) is 0 Å². The number of nitrogens with zero attached hydrogens (tertiary/aromatic N) is 2. The van der Waals surface area contributed by atoms with E-state index >= 15 is 0 Å². The Bertz CT molecular complexity index is 609. The van der Waals surface area contributed by atoms with E-state index in [9.17, 15) is 9.18 Å². The van der Waals surface area contributed by atoms with Crippen molar-refractivity contribution in [2.45, 2.75) is 0 Å². The first-order chi connectivity index (χ1) is 8.52. The highest BCUT2D eigenvalue weighted by Crippen LogP contribution is 2.26. The maximum absolute atomic E-state index is 13.4. The van der Waals surface area contributed by atoms with Crippen LogP contribution < -0.4 is 16.2 Å². The second-order valence-electron chi connectivity index (χ2n) is 3.58. The summed E-state index contributed by atoms with van der Waals surface area (Å²) in [6.07, 6.45) is 2.71. The molecule has 0 saturated heterocycles. The Morgan fingerprint density at radius 2 is 2.22 bits per heavy atom. The van der Waals surface area contributed by atoms with Gasteiger partial charge in [-0.25, -0.2) is 9.07 Å². The normalized spacial score (nSPS) is 10.3. The number of nitrogen functional groups attached to an aromatic ring is 1. The second-order valence-corrected chi connectivity index (χ2v) is 3.58. The van der Waals surface area contributed by atoms with Crippen molar-refractivity contribution >= 4 is 11.6 Å². The number of methoxy groups -OCH3 is 1. The van der Waals surface area contributed by atoms with Gasteiger partial charge in [-0.15, -0.1) is 0 Å². The van der Waals surface area contributed by atoms with Gasteiger partial charge in [0.25, 0.3) is 5.91 Å². The Morgan fingerprint density at radius 3 is 2.78 bits per heavy atom. The summed E-state index contributed by atoms with van der Waals surface area (Å²) in [7, 11) is 1.34. The molecule has 18 heavy (non-hydrogen) atoms. The number of hydrogen-bond donors (Lipinski definition) is 2. The van der Waals surface area contributed by atoms with E-state index in [4.69, 9.17) is 16.2 Å². The number of nitrogens with two attached hydrogens (primary N) is 2. The number of primary amides is 1. The van der Waals surface area contributed by atoms with Crippen LogP contribution in [0.4, 0.5) is 10.1 Å². The molecule has 0 radical (unpaired) electrons. The van der Waals surface area contributed by atoms with E-state index in [1.165, 1.54) is 30.3 Å². The molecule has 0 aliphatic carbocycles. The number of benzene rings is 1. The molecule has 0 saturated carbocycles. The molecular formula is C11H11FN4O2. The lowest BCUT2D eigenvalue weighted by Gasteiger charge is -2.09. The van der Waals surface area contributed by atoms with E-state index in [1.54, 1.807) is 0 Å². The summed E-state index contributed by atoms with van der Waals surface area (Å²) in [5.41, 5.74) is 11.6. The van der Waals surface area contributed by atoms with Gasteiger partial charge in [-0.2, -0.15) is 5.10 Å². The zero-order valence-electron chi connectivity index (χ0n) is 9.55. The average Bonchev–Trinajstić information content (AvgIpc) is 2.78. The zero-order chi connectivity index (χ0) is 13.3. The molecule has 94 valence electrons. The molecule has 2 aromatic rings. The number of anilines is 1. The van der Waals surface area contributed by atoms with Gasteiger partial charge < -0.3 is 16.2 Å². The minimum atomic E-state index is -0.603. The Labute approximate surface area is 102 Å². The van der Waals surface area contributed by atoms with Gasteiger partial charge in [0.15, 0.2) is 11.6 Å². The molecule has 0 bridgehead atoms. The number of halogens is 1. The molecule has 0 spiro atoms. The van der Waals surface area contributed by atoms with Gasteiger partial charge in [-0.05, 0) is 0 Å². The van der Waals surface area contributed by atoms with Gasteiger partial charge in [0.2, 0.25) is 0 Å². The molecule has 4 N–H and O–H groups in total. The molecule has 1 heterocycles. The van der Waals surface area contributed by atoms with Gasteiger partial charge >= 0.3 is 0 Å². The van der Waals surface area contributed by atoms with Crippen LogP contribution in [0.3, 0.4) is 0 Å². The molecule has 0 fully saturated rings. The number of hydrogen-bond acceptors (Lipinski definition) is 4. The van der Waals surface area contributed by atoms with Crippen molar-refractivity contribution in [2.75, 3.05) is 12.8 Å². The minimum absolute atomic E-state index is 0.0373. The van der Waals surface area contributed by atoms with E-state index in [1.807, 2.05) is 0 Å².